The normalized spacial score (nSPS) is 21.9. The molecule has 0 N–H and O–H groups in total. The molecule has 142 valence electrons. The molecule has 0 radical (unpaired) electrons. The van der Waals surface area contributed by atoms with Crippen LogP contribution in [-0.2, 0) is 9.59 Å². The van der Waals surface area contributed by atoms with Gasteiger partial charge in [-0.1, -0.05) is 18.6 Å². The largest absolute Gasteiger partial charge is 0.335 e. The SMILES string of the molecule is CC(C)N1C(=O)C(=O)N(CN2CCCCC2c2nc3ccccc3s2)C1=O. The standard InChI is InChI=1S/C19H22N4O3S/c1-12(2)23-18(25)17(24)22(19(23)26)11-21-10-6-5-8-14(21)16-20-13-7-3-4-9-15(13)27-16/h3-4,7,9,12,14H,5-6,8,10-11H2,1-2H3. The van der Waals surface area contributed by atoms with E-state index in [1.807, 2.05) is 18.2 Å². The number of likely N-dealkylation sites (tertiary alicyclic amines) is 1. The van der Waals surface area contributed by atoms with Gasteiger partial charge in [-0.15, -0.1) is 11.3 Å². The summed E-state index contributed by atoms with van der Waals surface area (Å²) in [5.41, 5.74) is 0.970. The number of nitrogens with zero attached hydrogens (tertiary/aromatic N) is 4. The van der Waals surface area contributed by atoms with Crippen molar-refractivity contribution in [3.63, 3.8) is 0 Å². The molecule has 2 fully saturated rings. The van der Waals surface area contributed by atoms with Gasteiger partial charge in [0.15, 0.2) is 0 Å². The zero-order valence-electron chi connectivity index (χ0n) is 15.4. The van der Waals surface area contributed by atoms with E-state index in [9.17, 15) is 14.4 Å². The highest BCUT2D eigenvalue weighted by atomic mass is 32.1. The summed E-state index contributed by atoms with van der Waals surface area (Å²) < 4.78 is 1.13. The summed E-state index contributed by atoms with van der Waals surface area (Å²) in [5.74, 6) is -1.47. The van der Waals surface area contributed by atoms with Crippen LogP contribution in [0, 0.1) is 0 Å². The number of benzene rings is 1. The summed E-state index contributed by atoms with van der Waals surface area (Å²) in [5, 5.41) is 1.00. The van der Waals surface area contributed by atoms with Crippen molar-refractivity contribution in [1.82, 2.24) is 19.7 Å². The van der Waals surface area contributed by atoms with Gasteiger partial charge in [-0.25, -0.2) is 14.7 Å². The van der Waals surface area contributed by atoms with Gasteiger partial charge >= 0.3 is 17.8 Å². The maximum absolute atomic E-state index is 12.6. The first kappa shape index (κ1) is 18.1. The fourth-order valence-corrected chi connectivity index (χ4v) is 4.89. The number of imide groups is 2. The van der Waals surface area contributed by atoms with Gasteiger partial charge in [0.1, 0.15) is 5.01 Å². The number of rotatable bonds is 4. The molecule has 2 aliphatic rings. The number of amides is 4. The predicted octanol–water partition coefficient (Wildman–Crippen LogP) is 2.98. The highest BCUT2D eigenvalue weighted by molar-refractivity contribution is 7.18. The first-order valence-electron chi connectivity index (χ1n) is 9.26. The molecule has 4 rings (SSSR count). The van der Waals surface area contributed by atoms with Crippen molar-refractivity contribution >= 4 is 39.4 Å². The molecule has 0 aliphatic carbocycles. The van der Waals surface area contributed by atoms with Crippen LogP contribution in [0.25, 0.3) is 10.2 Å². The average Bonchev–Trinajstić information content (AvgIpc) is 3.17. The molecular formula is C19H22N4O3S. The second-order valence-electron chi connectivity index (χ2n) is 7.27. The minimum absolute atomic E-state index is 0.0555. The Morgan fingerprint density at radius 3 is 2.63 bits per heavy atom. The first-order chi connectivity index (χ1) is 13.0. The molecule has 0 bridgehead atoms. The fraction of sp³-hybridized carbons (Fsp3) is 0.474. The van der Waals surface area contributed by atoms with Gasteiger partial charge in [0, 0.05) is 12.6 Å². The zero-order chi connectivity index (χ0) is 19.1. The van der Waals surface area contributed by atoms with Crippen molar-refractivity contribution in [1.29, 1.82) is 0 Å². The predicted molar refractivity (Wildman–Crippen MR) is 102 cm³/mol. The third-order valence-electron chi connectivity index (χ3n) is 5.13. The van der Waals surface area contributed by atoms with Crippen LogP contribution in [0.5, 0.6) is 0 Å². The highest BCUT2D eigenvalue weighted by Gasteiger charge is 2.46. The smallest absolute Gasteiger partial charge is 0.276 e. The van der Waals surface area contributed by atoms with Gasteiger partial charge in [-0.05, 0) is 38.8 Å². The number of para-hydroxylation sites is 1. The molecule has 1 aromatic carbocycles. The summed E-state index contributed by atoms with van der Waals surface area (Å²) in [6.07, 6.45) is 3.01. The van der Waals surface area contributed by atoms with E-state index in [2.05, 4.69) is 11.0 Å². The number of hydrogen-bond acceptors (Lipinski definition) is 6. The number of carbonyl (C=O) groups is 3. The average molecular weight is 386 g/mol. The molecule has 0 spiro atoms. The third-order valence-corrected chi connectivity index (χ3v) is 6.27. The Morgan fingerprint density at radius 2 is 1.93 bits per heavy atom. The number of hydrogen-bond donors (Lipinski definition) is 0. The second-order valence-corrected chi connectivity index (χ2v) is 8.33. The monoisotopic (exact) mass is 386 g/mol. The lowest BCUT2D eigenvalue weighted by molar-refractivity contribution is -0.144. The van der Waals surface area contributed by atoms with Crippen molar-refractivity contribution in [2.24, 2.45) is 0 Å². The number of aromatic nitrogens is 1. The maximum Gasteiger partial charge on any atom is 0.335 e. The molecule has 1 atom stereocenters. The maximum atomic E-state index is 12.6. The summed E-state index contributed by atoms with van der Waals surface area (Å²) in [4.78, 5) is 46.1. The van der Waals surface area contributed by atoms with E-state index in [1.165, 1.54) is 0 Å². The quantitative estimate of drug-likeness (QED) is 0.597. The molecule has 8 heteroatoms. The number of urea groups is 1. The minimum Gasteiger partial charge on any atom is -0.276 e. The number of thiazole rings is 1. The Bertz CT molecular complexity index is 876. The van der Waals surface area contributed by atoms with Crippen LogP contribution < -0.4 is 0 Å². The molecular weight excluding hydrogens is 364 g/mol. The van der Waals surface area contributed by atoms with Crippen molar-refractivity contribution < 1.29 is 14.4 Å². The molecule has 4 amide bonds. The van der Waals surface area contributed by atoms with Crippen molar-refractivity contribution in [3.05, 3.63) is 29.3 Å². The molecule has 2 aliphatic heterocycles. The molecule has 27 heavy (non-hydrogen) atoms. The summed E-state index contributed by atoms with van der Waals surface area (Å²) in [7, 11) is 0. The van der Waals surface area contributed by atoms with Crippen LogP contribution >= 0.6 is 11.3 Å². The first-order valence-corrected chi connectivity index (χ1v) is 10.1. The van der Waals surface area contributed by atoms with E-state index in [0.29, 0.717) is 0 Å². The Balaban J connectivity index is 1.59. The lowest BCUT2D eigenvalue weighted by Crippen LogP contribution is -2.46. The zero-order valence-corrected chi connectivity index (χ0v) is 16.2. The number of piperidine rings is 1. The van der Waals surface area contributed by atoms with Gasteiger partial charge in [0.2, 0.25) is 0 Å². The Hall–Kier alpha value is -2.32. The lowest BCUT2D eigenvalue weighted by Gasteiger charge is -2.36. The van der Waals surface area contributed by atoms with Crippen molar-refractivity contribution in [2.75, 3.05) is 13.2 Å². The highest BCUT2D eigenvalue weighted by Crippen LogP contribution is 2.36. The molecule has 3 heterocycles. The van der Waals surface area contributed by atoms with E-state index in [-0.39, 0.29) is 18.8 Å². The summed E-state index contributed by atoms with van der Waals surface area (Å²) in [6, 6.07) is 7.22. The number of carbonyl (C=O) groups excluding carboxylic acids is 3. The van der Waals surface area contributed by atoms with Crippen LogP contribution in [-0.4, -0.2) is 56.8 Å². The molecule has 1 aromatic heterocycles. The lowest BCUT2D eigenvalue weighted by atomic mass is 10.0. The van der Waals surface area contributed by atoms with Crippen LogP contribution in [0.15, 0.2) is 24.3 Å². The molecule has 2 saturated heterocycles. The topological polar surface area (TPSA) is 73.8 Å². The minimum atomic E-state index is -0.734. The fourth-order valence-electron chi connectivity index (χ4n) is 3.76. The van der Waals surface area contributed by atoms with Crippen molar-refractivity contribution in [2.45, 2.75) is 45.2 Å². The van der Waals surface area contributed by atoms with Crippen molar-refractivity contribution in [3.8, 4) is 0 Å². The van der Waals surface area contributed by atoms with Gasteiger partial charge in [-0.2, -0.15) is 0 Å². The molecule has 7 nitrogen and oxygen atoms in total. The van der Waals surface area contributed by atoms with E-state index in [1.54, 1.807) is 25.2 Å². The van der Waals surface area contributed by atoms with Crippen LogP contribution in [0.4, 0.5) is 4.79 Å². The summed E-state index contributed by atoms with van der Waals surface area (Å²) in [6.45, 7) is 4.37. The Morgan fingerprint density at radius 1 is 1.15 bits per heavy atom. The molecule has 0 saturated carbocycles. The third kappa shape index (κ3) is 3.12. The van der Waals surface area contributed by atoms with E-state index in [0.717, 1.165) is 50.8 Å². The van der Waals surface area contributed by atoms with E-state index >= 15 is 0 Å². The van der Waals surface area contributed by atoms with Gasteiger partial charge < -0.3 is 0 Å². The Kier molecular flexibility index (Phi) is 4.69. The van der Waals surface area contributed by atoms with Gasteiger partial charge in [-0.3, -0.25) is 19.4 Å². The van der Waals surface area contributed by atoms with E-state index in [4.69, 9.17) is 4.98 Å². The van der Waals surface area contributed by atoms with Crippen LogP contribution in [0.1, 0.15) is 44.2 Å². The van der Waals surface area contributed by atoms with Gasteiger partial charge in [0.25, 0.3) is 0 Å². The Labute approximate surface area is 161 Å². The number of fused-ring (bicyclic) bond motifs is 1. The molecule has 2 aromatic rings. The summed E-state index contributed by atoms with van der Waals surface area (Å²) >= 11 is 1.65. The van der Waals surface area contributed by atoms with E-state index < -0.39 is 17.8 Å². The van der Waals surface area contributed by atoms with Crippen LogP contribution in [0.3, 0.4) is 0 Å². The molecule has 1 unspecified atom stereocenters. The van der Waals surface area contributed by atoms with Gasteiger partial charge in [0.05, 0.1) is 22.9 Å². The van der Waals surface area contributed by atoms with Crippen LogP contribution in [0.2, 0.25) is 0 Å². The second kappa shape index (κ2) is 7.01.